The quantitative estimate of drug-likeness (QED) is 0.734. The predicted octanol–water partition coefficient (Wildman–Crippen LogP) is 0.424. The molecular formula is C11H18N2O4. The highest BCUT2D eigenvalue weighted by Gasteiger charge is 2.34. The Hall–Kier alpha value is -1.30. The average molecular weight is 242 g/mol. The summed E-state index contributed by atoms with van der Waals surface area (Å²) in [5.74, 6) is -0.986. The summed E-state index contributed by atoms with van der Waals surface area (Å²) in [4.78, 5) is 24.2. The first kappa shape index (κ1) is 12.2. The molecule has 1 unspecified atom stereocenters. The molecule has 2 aliphatic rings. The molecule has 0 aromatic heterocycles. The third-order valence-corrected chi connectivity index (χ3v) is 3.33. The van der Waals surface area contributed by atoms with Gasteiger partial charge in [0, 0.05) is 19.6 Å². The molecule has 6 heteroatoms. The van der Waals surface area contributed by atoms with Gasteiger partial charge in [-0.05, 0) is 25.7 Å². The first-order chi connectivity index (χ1) is 8.18. The second-order valence-corrected chi connectivity index (χ2v) is 4.54. The Morgan fingerprint density at radius 2 is 2.00 bits per heavy atom. The summed E-state index contributed by atoms with van der Waals surface area (Å²) in [5.41, 5.74) is 0. The first-order valence-electron chi connectivity index (χ1n) is 6.09. The molecule has 0 spiro atoms. The van der Waals surface area contributed by atoms with Crippen LogP contribution in [0.3, 0.4) is 0 Å². The number of carboxylic acids is 1. The normalized spacial score (nSPS) is 25.9. The molecule has 1 aliphatic carbocycles. The molecule has 1 saturated heterocycles. The summed E-state index contributed by atoms with van der Waals surface area (Å²) in [6.45, 7) is 1.29. The number of piperazine rings is 1. The van der Waals surface area contributed by atoms with Crippen LogP contribution >= 0.6 is 0 Å². The minimum Gasteiger partial charge on any atom is -0.480 e. The van der Waals surface area contributed by atoms with Crippen molar-refractivity contribution in [2.75, 3.05) is 19.6 Å². The van der Waals surface area contributed by atoms with Gasteiger partial charge in [-0.15, -0.1) is 0 Å². The molecule has 1 heterocycles. The van der Waals surface area contributed by atoms with Crippen molar-refractivity contribution < 1.29 is 19.4 Å². The van der Waals surface area contributed by atoms with E-state index in [1.54, 1.807) is 0 Å². The van der Waals surface area contributed by atoms with Crippen molar-refractivity contribution in [3.8, 4) is 0 Å². The third kappa shape index (κ3) is 2.88. The maximum absolute atomic E-state index is 11.9. The van der Waals surface area contributed by atoms with E-state index < -0.39 is 18.1 Å². The van der Waals surface area contributed by atoms with E-state index in [0.717, 1.165) is 25.7 Å². The number of rotatable bonds is 2. The van der Waals surface area contributed by atoms with Gasteiger partial charge >= 0.3 is 12.1 Å². The van der Waals surface area contributed by atoms with Crippen molar-refractivity contribution in [3.63, 3.8) is 0 Å². The Kier molecular flexibility index (Phi) is 3.83. The molecule has 96 valence electrons. The van der Waals surface area contributed by atoms with Crippen LogP contribution in [-0.2, 0) is 9.53 Å². The van der Waals surface area contributed by atoms with Crippen LogP contribution in [0.15, 0.2) is 0 Å². The zero-order valence-electron chi connectivity index (χ0n) is 9.72. The number of carbonyl (C=O) groups excluding carboxylic acids is 1. The van der Waals surface area contributed by atoms with E-state index >= 15 is 0 Å². The minimum atomic E-state index is -0.986. The molecule has 1 atom stereocenters. The van der Waals surface area contributed by atoms with Crippen LogP contribution in [0, 0.1) is 0 Å². The molecule has 2 N–H and O–H groups in total. The number of nitrogens with one attached hydrogen (secondary N) is 1. The minimum absolute atomic E-state index is 0.0215. The molecule has 1 aliphatic heterocycles. The highest BCUT2D eigenvalue weighted by Crippen LogP contribution is 2.22. The maximum Gasteiger partial charge on any atom is 0.410 e. The molecule has 1 amide bonds. The van der Waals surface area contributed by atoms with Gasteiger partial charge in [-0.25, -0.2) is 9.59 Å². The van der Waals surface area contributed by atoms with Crippen molar-refractivity contribution in [1.82, 2.24) is 10.2 Å². The molecule has 2 fully saturated rings. The lowest BCUT2D eigenvalue weighted by Crippen LogP contribution is -2.57. The SMILES string of the molecule is O=C(O)C1CNCCN1C(=O)OC1CCCC1. The lowest BCUT2D eigenvalue weighted by atomic mass is 10.2. The Labute approximate surface area is 99.9 Å². The second kappa shape index (κ2) is 5.35. The van der Waals surface area contributed by atoms with E-state index in [4.69, 9.17) is 9.84 Å². The van der Waals surface area contributed by atoms with E-state index in [9.17, 15) is 9.59 Å². The van der Waals surface area contributed by atoms with Crippen LogP contribution in [0.1, 0.15) is 25.7 Å². The van der Waals surface area contributed by atoms with Crippen LogP contribution < -0.4 is 5.32 Å². The number of aliphatic carboxylic acids is 1. The fourth-order valence-electron chi connectivity index (χ4n) is 2.36. The summed E-state index contributed by atoms with van der Waals surface area (Å²) < 4.78 is 5.33. The van der Waals surface area contributed by atoms with Gasteiger partial charge in [-0.1, -0.05) is 0 Å². The van der Waals surface area contributed by atoms with Crippen molar-refractivity contribution in [2.24, 2.45) is 0 Å². The second-order valence-electron chi connectivity index (χ2n) is 4.54. The standard InChI is InChI=1S/C11H18N2O4/c14-10(15)9-7-12-5-6-13(9)11(16)17-8-3-1-2-4-8/h8-9,12H,1-7H2,(H,14,15). The number of hydrogen-bond acceptors (Lipinski definition) is 4. The zero-order chi connectivity index (χ0) is 12.3. The molecular weight excluding hydrogens is 224 g/mol. The highest BCUT2D eigenvalue weighted by molar-refractivity contribution is 5.80. The van der Waals surface area contributed by atoms with Crippen LogP contribution in [0.5, 0.6) is 0 Å². The molecule has 0 bridgehead atoms. The average Bonchev–Trinajstić information content (AvgIpc) is 2.81. The number of hydrogen-bond donors (Lipinski definition) is 2. The van der Waals surface area contributed by atoms with Gasteiger partial charge < -0.3 is 15.2 Å². The molecule has 0 aromatic carbocycles. The van der Waals surface area contributed by atoms with Gasteiger partial charge in [0.25, 0.3) is 0 Å². The van der Waals surface area contributed by atoms with Crippen LogP contribution in [0.4, 0.5) is 4.79 Å². The highest BCUT2D eigenvalue weighted by atomic mass is 16.6. The van der Waals surface area contributed by atoms with E-state index in [1.807, 2.05) is 0 Å². The molecule has 0 radical (unpaired) electrons. The Bertz CT molecular complexity index is 302. The Morgan fingerprint density at radius 3 is 2.65 bits per heavy atom. The number of nitrogens with zero attached hydrogens (tertiary/aromatic N) is 1. The summed E-state index contributed by atoms with van der Waals surface area (Å²) in [6.07, 6.45) is 3.46. The Morgan fingerprint density at radius 1 is 1.29 bits per heavy atom. The van der Waals surface area contributed by atoms with Gasteiger partial charge in [-0.3, -0.25) is 4.90 Å². The van der Waals surface area contributed by atoms with Crippen LogP contribution in [-0.4, -0.2) is 53.8 Å². The summed E-state index contributed by atoms with van der Waals surface area (Å²) >= 11 is 0. The van der Waals surface area contributed by atoms with Gasteiger partial charge in [0.2, 0.25) is 0 Å². The Balaban J connectivity index is 1.93. The van der Waals surface area contributed by atoms with E-state index in [1.165, 1.54) is 4.90 Å². The molecule has 1 saturated carbocycles. The van der Waals surface area contributed by atoms with Crippen molar-refractivity contribution >= 4 is 12.1 Å². The molecule has 2 rings (SSSR count). The summed E-state index contributed by atoms with van der Waals surface area (Å²) in [7, 11) is 0. The lowest BCUT2D eigenvalue weighted by Gasteiger charge is -2.33. The van der Waals surface area contributed by atoms with Crippen LogP contribution in [0.25, 0.3) is 0 Å². The van der Waals surface area contributed by atoms with Gasteiger partial charge in [0.05, 0.1) is 0 Å². The summed E-state index contributed by atoms with van der Waals surface area (Å²) in [5, 5.41) is 12.0. The molecule has 6 nitrogen and oxygen atoms in total. The van der Waals surface area contributed by atoms with Crippen LogP contribution in [0.2, 0.25) is 0 Å². The summed E-state index contributed by atoms with van der Waals surface area (Å²) in [6, 6.07) is -0.808. The van der Waals surface area contributed by atoms with Crippen molar-refractivity contribution in [2.45, 2.75) is 37.8 Å². The van der Waals surface area contributed by atoms with Gasteiger partial charge in [0.15, 0.2) is 0 Å². The lowest BCUT2D eigenvalue weighted by molar-refractivity contribution is -0.143. The van der Waals surface area contributed by atoms with Crippen molar-refractivity contribution in [1.29, 1.82) is 0 Å². The van der Waals surface area contributed by atoms with E-state index in [-0.39, 0.29) is 12.6 Å². The monoisotopic (exact) mass is 242 g/mol. The van der Waals surface area contributed by atoms with Crippen molar-refractivity contribution in [3.05, 3.63) is 0 Å². The smallest absolute Gasteiger partial charge is 0.410 e. The first-order valence-corrected chi connectivity index (χ1v) is 6.09. The molecule has 0 aromatic rings. The number of carbonyl (C=O) groups is 2. The number of ether oxygens (including phenoxy) is 1. The van der Waals surface area contributed by atoms with E-state index in [2.05, 4.69) is 5.32 Å². The number of amides is 1. The predicted molar refractivity (Wildman–Crippen MR) is 59.7 cm³/mol. The van der Waals surface area contributed by atoms with Gasteiger partial charge in [-0.2, -0.15) is 0 Å². The van der Waals surface area contributed by atoms with E-state index in [0.29, 0.717) is 13.1 Å². The fourth-order valence-corrected chi connectivity index (χ4v) is 2.36. The maximum atomic E-state index is 11.9. The van der Waals surface area contributed by atoms with Gasteiger partial charge in [0.1, 0.15) is 12.1 Å². The number of carboxylic acid groups (broad SMARTS) is 1. The largest absolute Gasteiger partial charge is 0.480 e. The third-order valence-electron chi connectivity index (χ3n) is 3.33. The molecule has 17 heavy (non-hydrogen) atoms. The zero-order valence-corrected chi connectivity index (χ0v) is 9.72. The topological polar surface area (TPSA) is 78.9 Å². The fraction of sp³-hybridized carbons (Fsp3) is 0.818.